The summed E-state index contributed by atoms with van der Waals surface area (Å²) in [7, 11) is -9.82. The molecule has 2 saturated heterocycles. The molecule has 3 aromatic carbocycles. The molecule has 0 spiro atoms. The van der Waals surface area contributed by atoms with Gasteiger partial charge in [-0.25, -0.2) is 27.7 Å². The van der Waals surface area contributed by atoms with Gasteiger partial charge in [0.2, 0.25) is 5.72 Å². The average Bonchev–Trinajstić information content (AvgIpc) is 3.87. The topological polar surface area (TPSA) is 190 Å². The lowest BCUT2D eigenvalue weighted by molar-refractivity contribution is -0.114. The smallest absolute Gasteiger partial charge is 0.418 e. The van der Waals surface area contributed by atoms with Gasteiger partial charge in [0.05, 0.1) is 40.9 Å². The zero-order valence-corrected chi connectivity index (χ0v) is 31.8. The minimum absolute atomic E-state index is 0.0983. The molecule has 3 aromatic rings. The minimum atomic E-state index is -5.21. The predicted octanol–water partition coefficient (Wildman–Crippen LogP) is 4.61. The number of benzene rings is 3. The van der Waals surface area contributed by atoms with Gasteiger partial charge in [-0.1, -0.05) is 74.5 Å². The van der Waals surface area contributed by atoms with Crippen molar-refractivity contribution in [3.8, 4) is 0 Å². The molecule has 54 heavy (non-hydrogen) atoms. The van der Waals surface area contributed by atoms with E-state index in [1.54, 1.807) is 62.4 Å². The number of phosphoric ester groups is 1. The Morgan fingerprint density at radius 3 is 2.11 bits per heavy atom. The van der Waals surface area contributed by atoms with E-state index in [-0.39, 0.29) is 41.3 Å². The van der Waals surface area contributed by atoms with Crippen molar-refractivity contribution in [3.63, 3.8) is 0 Å². The third-order valence-electron chi connectivity index (χ3n) is 9.73. The number of fused-ring (bicyclic) bond motifs is 1. The molecule has 17 heteroatoms. The van der Waals surface area contributed by atoms with Crippen LogP contribution < -0.4 is 0 Å². The zero-order chi connectivity index (χ0) is 38.8. The van der Waals surface area contributed by atoms with Crippen molar-refractivity contribution < 1.29 is 55.9 Å². The quantitative estimate of drug-likeness (QED) is 0.131. The number of nitrogens with zero attached hydrogens (tertiary/aromatic N) is 3. The molecule has 2 fully saturated rings. The van der Waals surface area contributed by atoms with Gasteiger partial charge in [-0.3, -0.25) is 14.1 Å². The number of rotatable bonds is 14. The monoisotopic (exact) mass is 785 g/mol. The van der Waals surface area contributed by atoms with Crippen molar-refractivity contribution in [2.45, 2.75) is 68.9 Å². The molecule has 0 bridgehead atoms. The second-order valence-electron chi connectivity index (χ2n) is 14.1. The van der Waals surface area contributed by atoms with Gasteiger partial charge in [-0.05, 0) is 55.5 Å². The van der Waals surface area contributed by atoms with Crippen LogP contribution in [0.4, 0.5) is 4.79 Å². The molecule has 0 radical (unpaired) electrons. The maximum absolute atomic E-state index is 15.2. The molecule has 0 aliphatic carbocycles. The van der Waals surface area contributed by atoms with Gasteiger partial charge in [-0.15, -0.1) is 4.41 Å². The molecule has 3 aliphatic heterocycles. The Bertz CT molecular complexity index is 1960. The largest absolute Gasteiger partial charge is 0.469 e. The summed E-state index contributed by atoms with van der Waals surface area (Å²) in [6.45, 7) is 4.88. The fourth-order valence-electron chi connectivity index (χ4n) is 7.17. The SMILES string of the molecule is CC(C)CN(N(C(=O)O[C@@]1(N2C(=O)c3ccccc3C2=O)CO[C@H]([C@@H]2CCOC2)C1)C(Cc1ccccc1)[C@H](C)OP(=O)(O)O)S(=O)(=O)c1ccccc1. The number of hydrogen-bond acceptors (Lipinski definition) is 10. The fourth-order valence-corrected chi connectivity index (χ4v) is 9.41. The van der Waals surface area contributed by atoms with Crippen molar-refractivity contribution >= 4 is 35.8 Å². The zero-order valence-electron chi connectivity index (χ0n) is 30.1. The van der Waals surface area contributed by atoms with Crippen molar-refractivity contribution in [1.29, 1.82) is 0 Å². The number of hydrogen-bond donors (Lipinski definition) is 2. The predicted molar refractivity (Wildman–Crippen MR) is 193 cm³/mol. The highest BCUT2D eigenvalue weighted by Gasteiger charge is 2.59. The maximum Gasteiger partial charge on any atom is 0.469 e. The van der Waals surface area contributed by atoms with Crippen LogP contribution in [0.1, 0.15) is 59.9 Å². The highest BCUT2D eigenvalue weighted by Crippen LogP contribution is 2.43. The molecule has 3 aliphatic rings. The Hall–Kier alpha value is -3.99. The maximum atomic E-state index is 15.2. The molecular formula is C37H44N3O12PS. The molecule has 0 saturated carbocycles. The normalized spacial score (nSPS) is 22.8. The Kier molecular flexibility index (Phi) is 11.8. The molecule has 15 nitrogen and oxygen atoms in total. The lowest BCUT2D eigenvalue weighted by Crippen LogP contribution is -2.63. The Labute approximate surface area is 314 Å². The van der Waals surface area contributed by atoms with Gasteiger partial charge in [0.15, 0.2) is 0 Å². The first-order chi connectivity index (χ1) is 25.6. The lowest BCUT2D eigenvalue weighted by atomic mass is 9.95. The van der Waals surface area contributed by atoms with Crippen LogP contribution in [-0.2, 0) is 39.7 Å². The van der Waals surface area contributed by atoms with Crippen molar-refractivity contribution in [2.75, 3.05) is 26.4 Å². The summed E-state index contributed by atoms with van der Waals surface area (Å²) in [6, 6.07) is 20.7. The number of hydrazine groups is 1. The number of sulfonamides is 1. The van der Waals surface area contributed by atoms with Crippen LogP contribution in [-0.4, -0.2) is 101 Å². The first kappa shape index (κ1) is 39.7. The van der Waals surface area contributed by atoms with E-state index >= 15 is 4.79 Å². The molecular weight excluding hydrogens is 741 g/mol. The third-order valence-corrected chi connectivity index (χ3v) is 12.1. The van der Waals surface area contributed by atoms with E-state index in [1.165, 1.54) is 43.3 Å². The van der Waals surface area contributed by atoms with Crippen molar-refractivity contribution in [1.82, 2.24) is 14.3 Å². The van der Waals surface area contributed by atoms with Crippen LogP contribution >= 0.6 is 7.82 Å². The van der Waals surface area contributed by atoms with Gasteiger partial charge in [0, 0.05) is 25.5 Å². The van der Waals surface area contributed by atoms with E-state index in [2.05, 4.69) is 0 Å². The second-order valence-corrected chi connectivity index (χ2v) is 17.1. The van der Waals surface area contributed by atoms with Gasteiger partial charge in [0.1, 0.15) is 6.61 Å². The molecule has 3 heterocycles. The summed E-state index contributed by atoms with van der Waals surface area (Å²) >= 11 is 0. The first-order valence-corrected chi connectivity index (χ1v) is 20.6. The molecule has 290 valence electrons. The van der Waals surface area contributed by atoms with E-state index in [0.717, 1.165) is 14.3 Å². The molecule has 2 N–H and O–H groups in total. The number of carbonyl (C=O) groups is 3. The van der Waals surface area contributed by atoms with Gasteiger partial charge in [-0.2, -0.15) is 0 Å². The summed E-state index contributed by atoms with van der Waals surface area (Å²) in [4.78, 5) is 63.9. The Morgan fingerprint density at radius 1 is 0.963 bits per heavy atom. The van der Waals surface area contributed by atoms with Crippen LogP contribution in [0.25, 0.3) is 0 Å². The van der Waals surface area contributed by atoms with Crippen LogP contribution in [0, 0.1) is 11.8 Å². The van der Waals surface area contributed by atoms with E-state index in [4.69, 9.17) is 18.7 Å². The van der Waals surface area contributed by atoms with Crippen LogP contribution in [0.5, 0.6) is 0 Å². The van der Waals surface area contributed by atoms with Crippen molar-refractivity contribution in [2.24, 2.45) is 11.8 Å². The van der Waals surface area contributed by atoms with Crippen molar-refractivity contribution in [3.05, 3.63) is 102 Å². The highest BCUT2D eigenvalue weighted by molar-refractivity contribution is 7.89. The summed E-state index contributed by atoms with van der Waals surface area (Å²) in [5.41, 5.74) is -1.29. The van der Waals surface area contributed by atoms with E-state index < -0.39 is 72.3 Å². The molecule has 6 rings (SSSR count). The number of ether oxygens (including phenoxy) is 3. The number of imide groups is 1. The average molecular weight is 786 g/mol. The van der Waals surface area contributed by atoms with Crippen LogP contribution in [0.3, 0.4) is 0 Å². The minimum Gasteiger partial charge on any atom is -0.418 e. The summed E-state index contributed by atoms with van der Waals surface area (Å²) in [6.07, 6.45) is -3.10. The Balaban J connectivity index is 1.51. The third kappa shape index (κ3) is 8.31. The Morgan fingerprint density at radius 2 is 1.56 bits per heavy atom. The first-order valence-electron chi connectivity index (χ1n) is 17.7. The summed E-state index contributed by atoms with van der Waals surface area (Å²) in [5, 5.41) is 0.793. The van der Waals surface area contributed by atoms with Gasteiger partial charge < -0.3 is 24.0 Å². The van der Waals surface area contributed by atoms with E-state index in [0.29, 0.717) is 25.2 Å². The van der Waals surface area contributed by atoms with E-state index in [1.807, 2.05) is 0 Å². The number of phosphoric acid groups is 1. The van der Waals surface area contributed by atoms with Crippen LogP contribution in [0.2, 0.25) is 0 Å². The number of carbonyl (C=O) groups excluding carboxylic acids is 3. The van der Waals surface area contributed by atoms with Gasteiger partial charge >= 0.3 is 13.9 Å². The second kappa shape index (κ2) is 16.0. The number of amides is 3. The van der Waals surface area contributed by atoms with E-state index in [9.17, 15) is 32.4 Å². The molecule has 1 unspecified atom stereocenters. The molecule has 5 atom stereocenters. The van der Waals surface area contributed by atoms with Crippen LogP contribution in [0.15, 0.2) is 89.8 Å². The molecule has 0 aromatic heterocycles. The standard InChI is InChI=1S/C37H44N3O12PS/c1-25(2)22-38(54(47,48)29-14-8-5-9-15-29)40(32(26(3)52-53(44,45)46)20-27-12-6-4-7-13-27)36(43)51-37(21-33(50-24-37)28-18-19-49-23-28)39-34(41)30-16-10-11-17-31(30)35(39)42/h4-17,25-26,28,32-33H,18-24H2,1-3H3,(H2,44,45,46)/t26-,28+,32?,33-,37+/m0/s1. The fraction of sp³-hybridized carbons (Fsp3) is 0.432. The van der Waals surface area contributed by atoms with Gasteiger partial charge in [0.25, 0.3) is 21.8 Å². The summed E-state index contributed by atoms with van der Waals surface area (Å²) < 4.78 is 65.7. The summed E-state index contributed by atoms with van der Waals surface area (Å²) in [5.74, 6) is -2.00. The highest BCUT2D eigenvalue weighted by atomic mass is 32.2. The molecule has 3 amide bonds. The lowest BCUT2D eigenvalue weighted by Gasteiger charge is -2.44.